The molecule has 0 radical (unpaired) electrons. The summed E-state index contributed by atoms with van der Waals surface area (Å²) < 4.78 is 27.1. The SMILES string of the molecule is CCC(=O)NC1CCC(NC(=O)CC[C@H](NC(=O)C(C)(C)COCC(C)(C)CC)C(=O)NCCOCCOCCOCCOC)CC1. The van der Waals surface area contributed by atoms with Crippen LogP contribution in [0.5, 0.6) is 0 Å². The summed E-state index contributed by atoms with van der Waals surface area (Å²) >= 11 is 0. The summed E-state index contributed by atoms with van der Waals surface area (Å²) in [5, 5.41) is 11.8. The largest absolute Gasteiger partial charge is 0.382 e. The number of carbonyl (C=O) groups excluding carboxylic acids is 4. The number of rotatable bonds is 26. The van der Waals surface area contributed by atoms with E-state index in [-0.39, 0.29) is 73.7 Å². The Bertz CT molecular complexity index is 908. The molecule has 0 aromatic carbocycles. The van der Waals surface area contributed by atoms with Gasteiger partial charge in [0.25, 0.3) is 0 Å². The Kier molecular flexibility index (Phi) is 21.7. The van der Waals surface area contributed by atoms with Crippen LogP contribution in [-0.2, 0) is 42.9 Å². The lowest BCUT2D eigenvalue weighted by Crippen LogP contribution is -2.52. The van der Waals surface area contributed by atoms with E-state index in [1.165, 1.54) is 0 Å². The molecule has 1 atom stereocenters. The summed E-state index contributed by atoms with van der Waals surface area (Å²) in [6.45, 7) is 15.7. The number of hydrogen-bond acceptors (Lipinski definition) is 9. The molecule has 4 amide bonds. The van der Waals surface area contributed by atoms with Crippen LogP contribution < -0.4 is 21.3 Å². The summed E-state index contributed by atoms with van der Waals surface area (Å²) in [6, 6.07) is -0.741. The highest BCUT2D eigenvalue weighted by atomic mass is 16.6. The topological polar surface area (TPSA) is 163 Å². The van der Waals surface area contributed by atoms with Crippen molar-refractivity contribution in [2.75, 3.05) is 73.1 Å². The highest BCUT2D eigenvalue weighted by Crippen LogP contribution is 2.23. The molecule has 0 aliphatic heterocycles. The molecule has 0 aromatic rings. The first-order valence-electron chi connectivity index (χ1n) is 17.3. The van der Waals surface area contributed by atoms with Gasteiger partial charge in [0.1, 0.15) is 6.04 Å². The normalized spacial score (nSPS) is 17.5. The Labute approximate surface area is 282 Å². The fourth-order valence-electron chi connectivity index (χ4n) is 4.71. The molecule has 0 heterocycles. The first kappa shape index (κ1) is 42.7. The molecule has 0 aromatic heterocycles. The molecule has 13 heteroatoms. The van der Waals surface area contributed by atoms with Gasteiger partial charge in [-0.15, -0.1) is 0 Å². The fourth-order valence-corrected chi connectivity index (χ4v) is 4.71. The van der Waals surface area contributed by atoms with Gasteiger partial charge < -0.3 is 45.0 Å². The molecule has 1 aliphatic carbocycles. The zero-order chi connectivity index (χ0) is 35.1. The number of amides is 4. The summed E-state index contributed by atoms with van der Waals surface area (Å²) in [6.07, 6.45) is 4.79. The van der Waals surface area contributed by atoms with Gasteiger partial charge in [0.05, 0.1) is 64.9 Å². The van der Waals surface area contributed by atoms with Crippen LogP contribution in [0, 0.1) is 10.8 Å². The van der Waals surface area contributed by atoms with Crippen LogP contribution in [0.15, 0.2) is 0 Å². The summed E-state index contributed by atoms with van der Waals surface area (Å²) in [5.41, 5.74) is -0.883. The van der Waals surface area contributed by atoms with Crippen LogP contribution >= 0.6 is 0 Å². The van der Waals surface area contributed by atoms with Gasteiger partial charge in [-0.3, -0.25) is 19.2 Å². The van der Waals surface area contributed by atoms with Gasteiger partial charge in [0.15, 0.2) is 0 Å². The predicted molar refractivity (Wildman–Crippen MR) is 180 cm³/mol. The summed E-state index contributed by atoms with van der Waals surface area (Å²) in [4.78, 5) is 51.1. The molecule has 274 valence electrons. The van der Waals surface area contributed by atoms with Gasteiger partial charge in [-0.2, -0.15) is 0 Å². The average Bonchev–Trinajstić information content (AvgIpc) is 3.03. The average molecular weight is 673 g/mol. The van der Waals surface area contributed by atoms with Crippen LogP contribution in [0.3, 0.4) is 0 Å². The lowest BCUT2D eigenvalue weighted by Gasteiger charge is -2.30. The number of methoxy groups -OCH3 is 1. The molecule has 0 bridgehead atoms. The smallest absolute Gasteiger partial charge is 0.242 e. The number of carbonyl (C=O) groups is 4. The fraction of sp³-hybridized carbons (Fsp3) is 0.882. The maximum absolute atomic E-state index is 13.3. The van der Waals surface area contributed by atoms with Gasteiger partial charge >= 0.3 is 0 Å². The molecule has 0 saturated heterocycles. The zero-order valence-electron chi connectivity index (χ0n) is 30.1. The highest BCUT2D eigenvalue weighted by molar-refractivity contribution is 5.90. The Balaban J connectivity index is 2.59. The Morgan fingerprint density at radius 3 is 1.79 bits per heavy atom. The van der Waals surface area contributed by atoms with Crippen LogP contribution in [0.2, 0.25) is 0 Å². The van der Waals surface area contributed by atoms with Crippen molar-refractivity contribution in [1.29, 1.82) is 0 Å². The van der Waals surface area contributed by atoms with Crippen molar-refractivity contribution in [3.63, 3.8) is 0 Å². The van der Waals surface area contributed by atoms with E-state index >= 15 is 0 Å². The first-order valence-corrected chi connectivity index (χ1v) is 17.3. The second-order valence-corrected chi connectivity index (χ2v) is 13.6. The predicted octanol–water partition coefficient (Wildman–Crippen LogP) is 2.50. The molecule has 1 saturated carbocycles. The third-order valence-electron chi connectivity index (χ3n) is 8.31. The van der Waals surface area contributed by atoms with Crippen LogP contribution in [0.1, 0.15) is 92.9 Å². The maximum atomic E-state index is 13.3. The van der Waals surface area contributed by atoms with E-state index in [0.717, 1.165) is 32.1 Å². The van der Waals surface area contributed by atoms with Gasteiger partial charge in [-0.1, -0.05) is 27.7 Å². The number of hydrogen-bond donors (Lipinski definition) is 4. The van der Waals surface area contributed by atoms with Gasteiger partial charge in [-0.05, 0) is 57.8 Å². The van der Waals surface area contributed by atoms with E-state index in [2.05, 4.69) is 42.0 Å². The molecular formula is C34H64N4O9. The number of ether oxygens (including phenoxy) is 5. The Hall–Kier alpha value is -2.32. The van der Waals surface area contributed by atoms with E-state index in [1.807, 2.05) is 6.92 Å². The van der Waals surface area contributed by atoms with Crippen LogP contribution in [0.4, 0.5) is 0 Å². The minimum absolute atomic E-state index is 0.00226. The second-order valence-electron chi connectivity index (χ2n) is 13.6. The molecule has 1 rings (SSSR count). The Morgan fingerprint density at radius 2 is 1.26 bits per heavy atom. The molecule has 0 spiro atoms. The first-order chi connectivity index (χ1) is 22.3. The van der Waals surface area contributed by atoms with E-state index in [0.29, 0.717) is 52.7 Å². The Morgan fingerprint density at radius 1 is 0.723 bits per heavy atom. The van der Waals surface area contributed by atoms with Gasteiger partial charge in [0.2, 0.25) is 23.6 Å². The molecule has 1 aliphatic rings. The van der Waals surface area contributed by atoms with Crippen LogP contribution in [-0.4, -0.2) is 115 Å². The van der Waals surface area contributed by atoms with E-state index in [4.69, 9.17) is 23.7 Å². The standard InChI is InChI=1S/C34H64N4O9/c1-8-29(39)36-26-10-12-27(13-11-26)37-30(40)15-14-28(38-32(42)34(5,6)25-47-24-33(3,4)9-2)31(41)35-16-17-44-20-21-46-23-22-45-19-18-43-7/h26-28H,8-25H2,1-7H3,(H,35,41)(H,36,39)(H,37,40)(H,38,42)/t26?,27?,28-/m0/s1. The minimum atomic E-state index is -0.902. The molecular weight excluding hydrogens is 608 g/mol. The van der Waals surface area contributed by atoms with E-state index in [9.17, 15) is 19.2 Å². The van der Waals surface area contributed by atoms with Gasteiger partial charge in [0, 0.05) is 38.6 Å². The van der Waals surface area contributed by atoms with Crippen LogP contribution in [0.25, 0.3) is 0 Å². The lowest BCUT2D eigenvalue weighted by molar-refractivity contribution is -0.137. The maximum Gasteiger partial charge on any atom is 0.242 e. The van der Waals surface area contributed by atoms with Crippen molar-refractivity contribution < 1.29 is 42.9 Å². The molecule has 1 fully saturated rings. The molecule has 47 heavy (non-hydrogen) atoms. The van der Waals surface area contributed by atoms with E-state index in [1.54, 1.807) is 21.0 Å². The molecule has 13 nitrogen and oxygen atoms in total. The molecule has 4 N–H and O–H groups in total. The zero-order valence-corrected chi connectivity index (χ0v) is 30.1. The van der Waals surface area contributed by atoms with Crippen molar-refractivity contribution in [2.45, 2.75) is 111 Å². The monoisotopic (exact) mass is 672 g/mol. The van der Waals surface area contributed by atoms with Crippen molar-refractivity contribution in [1.82, 2.24) is 21.3 Å². The molecule has 0 unspecified atom stereocenters. The quantitative estimate of drug-likeness (QED) is 0.101. The number of nitrogens with one attached hydrogen (secondary N) is 4. The lowest BCUT2D eigenvalue weighted by atomic mass is 9.90. The summed E-state index contributed by atoms with van der Waals surface area (Å²) in [5.74, 6) is -0.830. The third kappa shape index (κ3) is 19.9. The summed E-state index contributed by atoms with van der Waals surface area (Å²) in [7, 11) is 1.62. The van der Waals surface area contributed by atoms with E-state index < -0.39 is 11.5 Å². The second kappa shape index (κ2) is 23.9. The minimum Gasteiger partial charge on any atom is -0.382 e. The van der Waals surface area contributed by atoms with Crippen molar-refractivity contribution in [3.8, 4) is 0 Å². The van der Waals surface area contributed by atoms with Crippen molar-refractivity contribution >= 4 is 23.6 Å². The van der Waals surface area contributed by atoms with Crippen molar-refractivity contribution in [3.05, 3.63) is 0 Å². The third-order valence-corrected chi connectivity index (χ3v) is 8.31. The van der Waals surface area contributed by atoms with Crippen molar-refractivity contribution in [2.24, 2.45) is 10.8 Å². The highest BCUT2D eigenvalue weighted by Gasteiger charge is 2.33. The van der Waals surface area contributed by atoms with Gasteiger partial charge in [-0.25, -0.2) is 0 Å².